The fourth-order valence-corrected chi connectivity index (χ4v) is 4.84. The van der Waals surface area contributed by atoms with E-state index < -0.39 is 0 Å². The molecular weight excluding hydrogens is 374 g/mol. The first-order valence-electron chi connectivity index (χ1n) is 7.96. The summed E-state index contributed by atoms with van der Waals surface area (Å²) in [5.41, 5.74) is 2.48. The first-order chi connectivity index (χ1) is 12.1. The summed E-state index contributed by atoms with van der Waals surface area (Å²) in [5.74, 6) is 1.07. The van der Waals surface area contributed by atoms with Gasteiger partial charge in [-0.15, -0.1) is 32.9 Å². The van der Waals surface area contributed by atoms with Gasteiger partial charge in [-0.2, -0.15) is 0 Å². The van der Waals surface area contributed by atoms with E-state index in [2.05, 4.69) is 51.2 Å². The molecule has 3 aromatic rings. The number of amides is 1. The van der Waals surface area contributed by atoms with Crippen molar-refractivity contribution in [1.29, 1.82) is 0 Å². The third-order valence-corrected chi connectivity index (χ3v) is 6.35. The van der Waals surface area contributed by atoms with Gasteiger partial charge in [0.1, 0.15) is 0 Å². The van der Waals surface area contributed by atoms with Crippen LogP contribution in [-0.4, -0.2) is 31.4 Å². The molecule has 0 atom stereocenters. The number of hydrogen-bond donors (Lipinski definition) is 1. The van der Waals surface area contributed by atoms with Gasteiger partial charge < -0.3 is 9.88 Å². The first kappa shape index (κ1) is 18.1. The number of carbonyl (C=O) groups is 1. The minimum Gasteiger partial charge on any atom is -0.302 e. The molecule has 0 unspecified atom stereocenters. The van der Waals surface area contributed by atoms with Gasteiger partial charge in [-0.3, -0.25) is 4.79 Å². The van der Waals surface area contributed by atoms with E-state index in [0.717, 1.165) is 29.5 Å². The zero-order valence-electron chi connectivity index (χ0n) is 14.3. The molecule has 0 aliphatic heterocycles. The molecule has 3 rings (SSSR count). The van der Waals surface area contributed by atoms with Crippen molar-refractivity contribution in [3.63, 3.8) is 0 Å². The minimum atomic E-state index is -0.0900. The number of nitrogens with one attached hydrogen (secondary N) is 1. The number of aryl methyl sites for hydroxylation is 1. The largest absolute Gasteiger partial charge is 0.302 e. The van der Waals surface area contributed by atoms with Crippen molar-refractivity contribution in [3.8, 4) is 11.4 Å². The number of thioether (sulfide) groups is 1. The topological polar surface area (TPSA) is 72.7 Å². The maximum absolute atomic E-state index is 12.0. The Morgan fingerprint density at radius 1 is 1.32 bits per heavy atom. The summed E-state index contributed by atoms with van der Waals surface area (Å²) < 4.78 is 2.07. The van der Waals surface area contributed by atoms with E-state index >= 15 is 0 Å². The molecule has 0 aromatic carbocycles. The van der Waals surface area contributed by atoms with Crippen LogP contribution in [-0.2, 0) is 17.8 Å². The minimum absolute atomic E-state index is 0.0900. The van der Waals surface area contributed by atoms with Crippen LogP contribution in [0.1, 0.15) is 24.3 Å². The SMILES string of the molecule is CCc1c(-c2nnc(SCC(=O)Nc3nccs3)n2CC)csc1C. The van der Waals surface area contributed by atoms with Crippen molar-refractivity contribution < 1.29 is 4.79 Å². The first-order valence-corrected chi connectivity index (χ1v) is 10.7. The highest BCUT2D eigenvalue weighted by Crippen LogP contribution is 2.32. The molecule has 1 N–H and O–H groups in total. The lowest BCUT2D eigenvalue weighted by Crippen LogP contribution is -2.14. The van der Waals surface area contributed by atoms with Crippen LogP contribution in [0.25, 0.3) is 11.4 Å². The molecule has 3 aromatic heterocycles. The number of nitrogens with zero attached hydrogens (tertiary/aromatic N) is 4. The molecule has 0 saturated heterocycles. The Kier molecular flexibility index (Phi) is 5.87. The van der Waals surface area contributed by atoms with Crippen LogP contribution in [0.2, 0.25) is 0 Å². The van der Waals surface area contributed by atoms with Gasteiger partial charge in [0.25, 0.3) is 0 Å². The number of thiophene rings is 1. The zero-order valence-corrected chi connectivity index (χ0v) is 16.7. The van der Waals surface area contributed by atoms with Crippen LogP contribution in [0.3, 0.4) is 0 Å². The second kappa shape index (κ2) is 8.11. The molecule has 0 saturated carbocycles. The Hall–Kier alpha value is -1.71. The van der Waals surface area contributed by atoms with Gasteiger partial charge in [0.15, 0.2) is 16.1 Å². The van der Waals surface area contributed by atoms with Crippen molar-refractivity contribution in [1.82, 2.24) is 19.7 Å². The molecule has 0 radical (unpaired) electrons. The van der Waals surface area contributed by atoms with E-state index in [1.54, 1.807) is 17.5 Å². The normalized spacial score (nSPS) is 11.0. The summed E-state index contributed by atoms with van der Waals surface area (Å²) in [5, 5.41) is 16.8. The lowest BCUT2D eigenvalue weighted by Gasteiger charge is -2.08. The standard InChI is InChI=1S/C16H19N5OS3/c1-4-11-10(3)24-8-12(11)14-19-20-16(21(14)5-2)25-9-13(22)18-15-17-6-7-23-15/h6-8H,4-5,9H2,1-3H3,(H,17,18,22). The molecule has 6 nitrogen and oxygen atoms in total. The third-order valence-electron chi connectivity index (χ3n) is 3.74. The second-order valence-electron chi connectivity index (χ2n) is 5.26. The van der Waals surface area contributed by atoms with Gasteiger partial charge in [0, 0.05) is 33.9 Å². The molecule has 0 spiro atoms. The van der Waals surface area contributed by atoms with Gasteiger partial charge in [-0.1, -0.05) is 18.7 Å². The van der Waals surface area contributed by atoms with Crippen LogP contribution in [0.5, 0.6) is 0 Å². The Balaban J connectivity index is 1.75. The molecule has 25 heavy (non-hydrogen) atoms. The van der Waals surface area contributed by atoms with Crippen LogP contribution >= 0.6 is 34.4 Å². The number of aromatic nitrogens is 4. The molecule has 1 amide bonds. The number of rotatable bonds is 7. The summed E-state index contributed by atoms with van der Waals surface area (Å²) in [6, 6.07) is 0. The van der Waals surface area contributed by atoms with E-state index in [1.165, 1.54) is 33.5 Å². The lowest BCUT2D eigenvalue weighted by molar-refractivity contribution is -0.113. The molecule has 0 bridgehead atoms. The third kappa shape index (κ3) is 3.94. The van der Waals surface area contributed by atoms with Crippen molar-refractivity contribution in [3.05, 3.63) is 27.4 Å². The number of carbonyl (C=O) groups excluding carboxylic acids is 1. The van der Waals surface area contributed by atoms with Crippen LogP contribution in [0, 0.1) is 6.92 Å². The Morgan fingerprint density at radius 3 is 2.84 bits per heavy atom. The van der Waals surface area contributed by atoms with Gasteiger partial charge in [-0.25, -0.2) is 4.98 Å². The molecule has 0 aliphatic carbocycles. The van der Waals surface area contributed by atoms with E-state index in [0.29, 0.717) is 5.13 Å². The summed E-state index contributed by atoms with van der Waals surface area (Å²) in [6.07, 6.45) is 2.64. The molecule has 9 heteroatoms. The fourth-order valence-electron chi connectivity index (χ4n) is 2.56. The van der Waals surface area contributed by atoms with Crippen LogP contribution in [0.15, 0.2) is 22.1 Å². The Morgan fingerprint density at radius 2 is 2.16 bits per heavy atom. The molecular formula is C16H19N5OS3. The monoisotopic (exact) mass is 393 g/mol. The predicted molar refractivity (Wildman–Crippen MR) is 105 cm³/mol. The van der Waals surface area contributed by atoms with Gasteiger partial charge in [0.2, 0.25) is 5.91 Å². The number of thiazole rings is 1. The zero-order chi connectivity index (χ0) is 17.8. The summed E-state index contributed by atoms with van der Waals surface area (Å²) >= 11 is 4.54. The second-order valence-corrected chi connectivity index (χ2v) is 8.18. The maximum atomic E-state index is 12.0. The van der Waals surface area contributed by atoms with E-state index in [9.17, 15) is 4.79 Å². The average Bonchev–Trinajstić information content (AvgIpc) is 3.32. The molecule has 3 heterocycles. The van der Waals surface area contributed by atoms with Crippen molar-refractivity contribution >= 4 is 45.5 Å². The summed E-state index contributed by atoms with van der Waals surface area (Å²) in [7, 11) is 0. The summed E-state index contributed by atoms with van der Waals surface area (Å²) in [6.45, 7) is 7.12. The average molecular weight is 394 g/mol. The van der Waals surface area contributed by atoms with E-state index in [-0.39, 0.29) is 11.7 Å². The molecule has 132 valence electrons. The number of hydrogen-bond acceptors (Lipinski definition) is 7. The van der Waals surface area contributed by atoms with Crippen molar-refractivity contribution in [2.45, 2.75) is 38.9 Å². The highest BCUT2D eigenvalue weighted by Gasteiger charge is 2.18. The van der Waals surface area contributed by atoms with Crippen LogP contribution in [0.4, 0.5) is 5.13 Å². The maximum Gasteiger partial charge on any atom is 0.236 e. The fraction of sp³-hybridized carbons (Fsp3) is 0.375. The lowest BCUT2D eigenvalue weighted by atomic mass is 10.1. The predicted octanol–water partition coefficient (Wildman–Crippen LogP) is 4.08. The smallest absolute Gasteiger partial charge is 0.236 e. The highest BCUT2D eigenvalue weighted by molar-refractivity contribution is 7.99. The van der Waals surface area contributed by atoms with Gasteiger partial charge in [0.05, 0.1) is 5.75 Å². The van der Waals surface area contributed by atoms with Crippen LogP contribution < -0.4 is 5.32 Å². The van der Waals surface area contributed by atoms with Crippen molar-refractivity contribution in [2.24, 2.45) is 0 Å². The molecule has 0 fully saturated rings. The van der Waals surface area contributed by atoms with Gasteiger partial charge in [-0.05, 0) is 25.8 Å². The number of anilines is 1. The van der Waals surface area contributed by atoms with Gasteiger partial charge >= 0.3 is 0 Å². The van der Waals surface area contributed by atoms with E-state index in [1.807, 2.05) is 5.38 Å². The van der Waals surface area contributed by atoms with Crippen molar-refractivity contribution in [2.75, 3.05) is 11.1 Å². The highest BCUT2D eigenvalue weighted by atomic mass is 32.2. The molecule has 0 aliphatic rings. The Bertz CT molecular complexity index is 853. The van der Waals surface area contributed by atoms with E-state index in [4.69, 9.17) is 0 Å². The Labute approximate surface area is 158 Å². The quantitative estimate of drug-likeness (QED) is 0.612. The summed E-state index contributed by atoms with van der Waals surface area (Å²) in [4.78, 5) is 17.4.